The smallest absolute Gasteiger partial charge is 0.0233 e. The highest BCUT2D eigenvalue weighted by molar-refractivity contribution is 14.1. The van der Waals surface area contributed by atoms with E-state index in [0.29, 0.717) is 6.04 Å². The molecule has 0 saturated carbocycles. The van der Waals surface area contributed by atoms with Crippen LogP contribution in [0.15, 0.2) is 0 Å². The Morgan fingerprint density at radius 1 is 1.71 bits per heavy atom. The predicted molar refractivity (Wildman–Crippen MR) is 38.2 cm³/mol. The fourth-order valence-corrected chi connectivity index (χ4v) is 1.53. The monoisotopic (exact) mass is 212 g/mol. The summed E-state index contributed by atoms with van der Waals surface area (Å²) in [4.78, 5) is 0. The van der Waals surface area contributed by atoms with Crippen LogP contribution in [0, 0.1) is 0 Å². The van der Waals surface area contributed by atoms with Gasteiger partial charge in [-0.3, -0.25) is 0 Å². The second kappa shape index (κ2) is 2.28. The molecule has 0 bridgehead atoms. The van der Waals surface area contributed by atoms with Crippen molar-refractivity contribution in [3.05, 3.63) is 0 Å². The minimum absolute atomic E-state index is 0.442. The molecule has 1 heterocycles. The zero-order valence-corrected chi connectivity index (χ0v) is 6.26. The highest BCUT2D eigenvalue weighted by Crippen LogP contribution is 2.10. The van der Waals surface area contributed by atoms with Gasteiger partial charge in [-0.25, -0.2) is 3.11 Å². The molecule has 0 spiro atoms. The molecule has 1 aliphatic heterocycles. The molecule has 0 aliphatic carbocycles. The zero-order chi connectivity index (χ0) is 5.28. The minimum atomic E-state index is 0.442. The average molecular weight is 212 g/mol. The molecule has 0 aromatic heterocycles. The predicted octanol–water partition coefficient (Wildman–Crippen LogP) is 0.369. The van der Waals surface area contributed by atoms with Gasteiger partial charge in [0.25, 0.3) is 0 Å². The molecule has 1 atom stereocenters. The quantitative estimate of drug-likeness (QED) is 0.464. The first kappa shape index (κ1) is 5.78. The topological polar surface area (TPSA) is 29.3 Å². The number of rotatable bonds is 0. The van der Waals surface area contributed by atoms with Gasteiger partial charge < -0.3 is 5.73 Å². The lowest BCUT2D eigenvalue weighted by Gasteiger charge is -2.00. The second-order valence-corrected chi connectivity index (χ2v) is 3.28. The third-order valence-corrected chi connectivity index (χ3v) is 2.05. The maximum Gasteiger partial charge on any atom is 0.0233 e. The SMILES string of the molecule is N[C@H]1CCN(I)C1. The molecule has 0 aromatic rings. The van der Waals surface area contributed by atoms with E-state index in [4.69, 9.17) is 5.73 Å². The Hall–Kier alpha value is 0.650. The molecule has 1 aliphatic rings. The average Bonchev–Trinajstić information content (AvgIpc) is 1.87. The van der Waals surface area contributed by atoms with E-state index < -0.39 is 0 Å². The third kappa shape index (κ3) is 1.54. The van der Waals surface area contributed by atoms with Crippen molar-refractivity contribution in [1.29, 1.82) is 0 Å². The van der Waals surface area contributed by atoms with Gasteiger partial charge >= 0.3 is 0 Å². The van der Waals surface area contributed by atoms with Gasteiger partial charge in [0.15, 0.2) is 0 Å². The Balaban J connectivity index is 2.26. The fourth-order valence-electron chi connectivity index (χ4n) is 0.743. The molecule has 2 nitrogen and oxygen atoms in total. The first-order valence-electron chi connectivity index (χ1n) is 2.45. The van der Waals surface area contributed by atoms with E-state index in [2.05, 4.69) is 26.0 Å². The van der Waals surface area contributed by atoms with Crippen molar-refractivity contribution in [2.75, 3.05) is 13.1 Å². The molecular formula is C4H9IN2. The van der Waals surface area contributed by atoms with Crippen LogP contribution in [0.4, 0.5) is 0 Å². The maximum atomic E-state index is 5.58. The largest absolute Gasteiger partial charge is 0.326 e. The Bertz CT molecular complexity index is 58.7. The summed E-state index contributed by atoms with van der Waals surface area (Å²) in [7, 11) is 0. The van der Waals surface area contributed by atoms with E-state index in [9.17, 15) is 0 Å². The van der Waals surface area contributed by atoms with Gasteiger partial charge in [0.1, 0.15) is 0 Å². The summed E-state index contributed by atoms with van der Waals surface area (Å²) in [6.07, 6.45) is 1.17. The molecular weight excluding hydrogens is 203 g/mol. The molecule has 1 saturated heterocycles. The van der Waals surface area contributed by atoms with Crippen LogP contribution in [0.5, 0.6) is 0 Å². The molecule has 3 heteroatoms. The van der Waals surface area contributed by atoms with Crippen LogP contribution < -0.4 is 5.73 Å². The van der Waals surface area contributed by atoms with Gasteiger partial charge in [-0.1, -0.05) is 0 Å². The molecule has 7 heavy (non-hydrogen) atoms. The highest BCUT2D eigenvalue weighted by atomic mass is 127. The van der Waals surface area contributed by atoms with E-state index in [1.165, 1.54) is 13.0 Å². The lowest BCUT2D eigenvalue weighted by atomic mass is 10.3. The normalized spacial score (nSPS) is 34.3. The van der Waals surface area contributed by atoms with Crippen molar-refractivity contribution < 1.29 is 0 Å². The van der Waals surface area contributed by atoms with Crippen molar-refractivity contribution in [3.63, 3.8) is 0 Å². The lowest BCUT2D eigenvalue weighted by Crippen LogP contribution is -2.21. The minimum Gasteiger partial charge on any atom is -0.326 e. The van der Waals surface area contributed by atoms with Crippen molar-refractivity contribution in [3.8, 4) is 0 Å². The molecule has 2 N–H and O–H groups in total. The van der Waals surface area contributed by atoms with Crippen molar-refractivity contribution in [2.45, 2.75) is 12.5 Å². The first-order valence-corrected chi connectivity index (χ1v) is 3.42. The third-order valence-electron chi connectivity index (χ3n) is 1.18. The summed E-state index contributed by atoms with van der Waals surface area (Å²) in [6.45, 7) is 2.24. The number of hydrogen-bond donors (Lipinski definition) is 1. The van der Waals surface area contributed by atoms with Crippen molar-refractivity contribution >= 4 is 22.9 Å². The number of hydrogen-bond acceptors (Lipinski definition) is 2. The van der Waals surface area contributed by atoms with Crippen LogP contribution in [0.1, 0.15) is 6.42 Å². The molecule has 0 unspecified atom stereocenters. The molecule has 0 amide bonds. The van der Waals surface area contributed by atoms with Crippen LogP contribution >= 0.6 is 22.9 Å². The Morgan fingerprint density at radius 3 is 2.57 bits per heavy atom. The Morgan fingerprint density at radius 2 is 2.43 bits per heavy atom. The summed E-state index contributed by atoms with van der Waals surface area (Å²) in [5.41, 5.74) is 5.58. The molecule has 1 rings (SSSR count). The Labute approximate surface area is 57.5 Å². The summed E-state index contributed by atoms with van der Waals surface area (Å²) in [6, 6.07) is 0.442. The van der Waals surface area contributed by atoms with E-state index in [1.807, 2.05) is 0 Å². The van der Waals surface area contributed by atoms with E-state index in [0.717, 1.165) is 6.54 Å². The molecule has 0 radical (unpaired) electrons. The summed E-state index contributed by atoms with van der Waals surface area (Å²) < 4.78 is 2.22. The molecule has 0 aromatic carbocycles. The van der Waals surface area contributed by atoms with E-state index in [-0.39, 0.29) is 0 Å². The number of nitrogens with zero attached hydrogens (tertiary/aromatic N) is 1. The van der Waals surface area contributed by atoms with Crippen molar-refractivity contribution in [1.82, 2.24) is 3.11 Å². The van der Waals surface area contributed by atoms with Crippen molar-refractivity contribution in [2.24, 2.45) is 5.73 Å². The van der Waals surface area contributed by atoms with Crippen LogP contribution in [0.2, 0.25) is 0 Å². The molecule has 1 fully saturated rings. The molecule has 42 valence electrons. The lowest BCUT2D eigenvalue weighted by molar-refractivity contribution is 0.617. The van der Waals surface area contributed by atoms with Gasteiger partial charge in [-0.2, -0.15) is 0 Å². The van der Waals surface area contributed by atoms with Gasteiger partial charge in [0, 0.05) is 42.0 Å². The first-order chi connectivity index (χ1) is 3.29. The summed E-state index contributed by atoms with van der Waals surface area (Å²) in [5, 5.41) is 0. The van der Waals surface area contributed by atoms with Gasteiger partial charge in [0.2, 0.25) is 0 Å². The van der Waals surface area contributed by atoms with Crippen LogP contribution in [-0.2, 0) is 0 Å². The van der Waals surface area contributed by atoms with Gasteiger partial charge in [-0.15, -0.1) is 0 Å². The summed E-state index contributed by atoms with van der Waals surface area (Å²) >= 11 is 2.30. The highest BCUT2D eigenvalue weighted by Gasteiger charge is 2.15. The standard InChI is InChI=1S/C4H9IN2/c5-7-2-1-4(6)3-7/h4H,1-3,6H2/t4-/m0/s1. The number of halogens is 1. The van der Waals surface area contributed by atoms with Crippen LogP contribution in [-0.4, -0.2) is 22.2 Å². The van der Waals surface area contributed by atoms with Gasteiger partial charge in [0.05, 0.1) is 0 Å². The second-order valence-electron chi connectivity index (χ2n) is 1.92. The number of nitrogens with two attached hydrogens (primary N) is 1. The van der Waals surface area contributed by atoms with Crippen LogP contribution in [0.3, 0.4) is 0 Å². The van der Waals surface area contributed by atoms with E-state index >= 15 is 0 Å². The fraction of sp³-hybridized carbons (Fsp3) is 1.00. The zero-order valence-electron chi connectivity index (χ0n) is 4.10. The van der Waals surface area contributed by atoms with E-state index in [1.54, 1.807) is 0 Å². The van der Waals surface area contributed by atoms with Crippen LogP contribution in [0.25, 0.3) is 0 Å². The maximum absolute atomic E-state index is 5.58. The Kier molecular flexibility index (Phi) is 1.88. The van der Waals surface area contributed by atoms with Gasteiger partial charge in [-0.05, 0) is 6.42 Å². The summed E-state index contributed by atoms with van der Waals surface area (Å²) in [5.74, 6) is 0.